The molecule has 1 aromatic carbocycles. The first kappa shape index (κ1) is 13.6. The van der Waals surface area contributed by atoms with Crippen LogP contribution in [0.2, 0.25) is 0 Å². The van der Waals surface area contributed by atoms with Crippen LogP contribution in [0.3, 0.4) is 0 Å². The Bertz CT molecular complexity index is 538. The quantitative estimate of drug-likeness (QED) is 0.911. The number of hydrogen-bond acceptors (Lipinski definition) is 3. The fourth-order valence-electron chi connectivity index (χ4n) is 1.77. The topological polar surface area (TPSA) is 35.2 Å². The second-order valence-electron chi connectivity index (χ2n) is 4.05. The van der Waals surface area contributed by atoms with Gasteiger partial charge < -0.3 is 10.5 Å². The van der Waals surface area contributed by atoms with Crippen LogP contribution in [-0.2, 0) is 0 Å². The summed E-state index contributed by atoms with van der Waals surface area (Å²) >= 11 is 5.26. The zero-order valence-corrected chi connectivity index (χ0v) is 12.8. The van der Waals surface area contributed by atoms with Crippen molar-refractivity contribution < 1.29 is 4.74 Å². The molecule has 2 rings (SSSR count). The smallest absolute Gasteiger partial charge is 0.133 e. The monoisotopic (exact) mass is 325 g/mol. The van der Waals surface area contributed by atoms with Crippen LogP contribution in [0, 0.1) is 6.92 Å². The van der Waals surface area contributed by atoms with Gasteiger partial charge >= 0.3 is 0 Å². The average molecular weight is 326 g/mol. The second kappa shape index (κ2) is 5.87. The van der Waals surface area contributed by atoms with Crippen LogP contribution in [0.15, 0.2) is 34.8 Å². The van der Waals surface area contributed by atoms with Gasteiger partial charge in [0, 0.05) is 9.75 Å². The summed E-state index contributed by atoms with van der Waals surface area (Å²) in [5.41, 5.74) is 7.36. The van der Waals surface area contributed by atoms with Crippen molar-refractivity contribution in [1.82, 2.24) is 0 Å². The van der Waals surface area contributed by atoms with E-state index in [1.54, 1.807) is 11.3 Å². The van der Waals surface area contributed by atoms with Crippen molar-refractivity contribution in [1.29, 1.82) is 0 Å². The van der Waals surface area contributed by atoms with Crippen molar-refractivity contribution in [3.63, 3.8) is 0 Å². The largest absolute Gasteiger partial charge is 0.493 e. The first-order valence-corrected chi connectivity index (χ1v) is 7.47. The van der Waals surface area contributed by atoms with Gasteiger partial charge in [-0.2, -0.15) is 0 Å². The fourth-order valence-corrected chi connectivity index (χ4v) is 3.19. The van der Waals surface area contributed by atoms with Gasteiger partial charge in [-0.15, -0.1) is 11.3 Å². The predicted molar refractivity (Wildman–Crippen MR) is 80.4 cm³/mol. The number of rotatable bonds is 4. The lowest BCUT2D eigenvalue weighted by molar-refractivity contribution is 0.338. The van der Waals surface area contributed by atoms with Crippen LogP contribution in [0.25, 0.3) is 0 Å². The van der Waals surface area contributed by atoms with E-state index in [0.29, 0.717) is 6.61 Å². The summed E-state index contributed by atoms with van der Waals surface area (Å²) in [5, 5.41) is 0. The highest BCUT2D eigenvalue weighted by molar-refractivity contribution is 9.10. The summed E-state index contributed by atoms with van der Waals surface area (Å²) in [6.07, 6.45) is 0. The maximum Gasteiger partial charge on any atom is 0.133 e. The van der Waals surface area contributed by atoms with Gasteiger partial charge in [-0.05, 0) is 59.6 Å². The molecule has 2 N–H and O–H groups in total. The van der Waals surface area contributed by atoms with E-state index in [4.69, 9.17) is 10.5 Å². The highest BCUT2D eigenvalue weighted by atomic mass is 79.9. The molecule has 0 aliphatic rings. The zero-order chi connectivity index (χ0) is 13.1. The third-order valence-electron chi connectivity index (χ3n) is 2.68. The molecule has 1 heterocycles. The molecule has 1 atom stereocenters. The molecule has 1 unspecified atom stereocenters. The maximum absolute atomic E-state index is 6.27. The second-order valence-corrected chi connectivity index (χ2v) is 6.22. The Balaban J connectivity index is 2.26. The van der Waals surface area contributed by atoms with Gasteiger partial charge in [-0.25, -0.2) is 0 Å². The number of thiophene rings is 1. The number of ether oxygens (including phenoxy) is 1. The number of halogens is 1. The molecule has 0 aliphatic carbocycles. The van der Waals surface area contributed by atoms with Crippen LogP contribution in [0.4, 0.5) is 0 Å². The molecule has 1 aromatic heterocycles. The molecule has 96 valence electrons. The molecular formula is C14H16BrNOS. The Morgan fingerprint density at radius 2 is 2.11 bits per heavy atom. The van der Waals surface area contributed by atoms with Crippen LogP contribution in [-0.4, -0.2) is 6.61 Å². The van der Waals surface area contributed by atoms with Gasteiger partial charge in [0.15, 0.2) is 0 Å². The molecule has 0 bridgehead atoms. The van der Waals surface area contributed by atoms with Crippen molar-refractivity contribution >= 4 is 27.3 Å². The van der Waals surface area contributed by atoms with Gasteiger partial charge in [-0.1, -0.05) is 6.07 Å². The molecule has 18 heavy (non-hydrogen) atoms. The van der Waals surface area contributed by atoms with E-state index < -0.39 is 0 Å². The minimum absolute atomic E-state index is 0.0734. The highest BCUT2D eigenvalue weighted by Crippen LogP contribution is 2.32. The molecule has 0 amide bonds. The molecule has 4 heteroatoms. The van der Waals surface area contributed by atoms with Crippen LogP contribution >= 0.6 is 27.3 Å². The lowest BCUT2D eigenvalue weighted by atomic mass is 10.1. The first-order chi connectivity index (χ1) is 8.61. The van der Waals surface area contributed by atoms with Gasteiger partial charge in [0.1, 0.15) is 5.75 Å². The van der Waals surface area contributed by atoms with E-state index in [9.17, 15) is 0 Å². The standard InChI is InChI=1S/C14H16BrNOS/c1-3-17-12-6-5-10(8-11(12)15)14(16)13-7-4-9(2)18-13/h4-8,14H,3,16H2,1-2H3. The Kier molecular flexibility index (Phi) is 4.43. The number of benzene rings is 1. The highest BCUT2D eigenvalue weighted by Gasteiger charge is 2.12. The summed E-state index contributed by atoms with van der Waals surface area (Å²) in [5.74, 6) is 0.857. The molecule has 0 radical (unpaired) electrons. The molecule has 0 spiro atoms. The van der Waals surface area contributed by atoms with Crippen LogP contribution in [0.1, 0.15) is 28.3 Å². The van der Waals surface area contributed by atoms with E-state index in [2.05, 4.69) is 35.0 Å². The van der Waals surface area contributed by atoms with Gasteiger partial charge in [-0.3, -0.25) is 0 Å². The normalized spacial score (nSPS) is 12.4. The Hall–Kier alpha value is -0.840. The minimum Gasteiger partial charge on any atom is -0.493 e. The molecule has 0 saturated heterocycles. The Morgan fingerprint density at radius 3 is 2.67 bits per heavy atom. The van der Waals surface area contributed by atoms with Crippen molar-refractivity contribution in [3.8, 4) is 5.75 Å². The Labute approximate surface area is 120 Å². The number of nitrogens with two attached hydrogens (primary N) is 1. The Morgan fingerprint density at radius 1 is 1.33 bits per heavy atom. The zero-order valence-electron chi connectivity index (χ0n) is 10.4. The summed E-state index contributed by atoms with van der Waals surface area (Å²) in [6.45, 7) is 4.73. The van der Waals surface area contributed by atoms with Crippen molar-refractivity contribution in [2.75, 3.05) is 6.61 Å². The molecule has 2 aromatic rings. The van der Waals surface area contributed by atoms with Gasteiger partial charge in [0.25, 0.3) is 0 Å². The molecule has 0 fully saturated rings. The number of hydrogen-bond donors (Lipinski definition) is 1. The van der Waals surface area contributed by atoms with Crippen molar-refractivity contribution in [3.05, 3.63) is 50.1 Å². The fraction of sp³-hybridized carbons (Fsp3) is 0.286. The van der Waals surface area contributed by atoms with E-state index in [1.165, 1.54) is 9.75 Å². The molecular weight excluding hydrogens is 310 g/mol. The third kappa shape index (κ3) is 2.94. The van der Waals surface area contributed by atoms with Crippen molar-refractivity contribution in [2.45, 2.75) is 19.9 Å². The van der Waals surface area contributed by atoms with E-state index in [1.807, 2.05) is 25.1 Å². The third-order valence-corrected chi connectivity index (χ3v) is 4.39. The summed E-state index contributed by atoms with van der Waals surface area (Å²) in [6, 6.07) is 10.1. The van der Waals surface area contributed by atoms with E-state index >= 15 is 0 Å². The number of aryl methyl sites for hydroxylation is 1. The first-order valence-electron chi connectivity index (χ1n) is 5.86. The van der Waals surface area contributed by atoms with Gasteiger partial charge in [0.05, 0.1) is 17.1 Å². The summed E-state index contributed by atoms with van der Waals surface area (Å²) < 4.78 is 6.45. The van der Waals surface area contributed by atoms with E-state index in [-0.39, 0.29) is 6.04 Å². The van der Waals surface area contributed by atoms with Crippen LogP contribution in [0.5, 0.6) is 5.75 Å². The SMILES string of the molecule is CCOc1ccc(C(N)c2ccc(C)s2)cc1Br. The van der Waals surface area contributed by atoms with Gasteiger partial charge in [0.2, 0.25) is 0 Å². The summed E-state index contributed by atoms with van der Waals surface area (Å²) in [4.78, 5) is 2.47. The molecule has 0 aliphatic heterocycles. The average Bonchev–Trinajstić information content (AvgIpc) is 2.78. The van der Waals surface area contributed by atoms with E-state index in [0.717, 1.165) is 15.8 Å². The summed E-state index contributed by atoms with van der Waals surface area (Å²) in [7, 11) is 0. The molecule has 0 saturated carbocycles. The van der Waals surface area contributed by atoms with Crippen LogP contribution < -0.4 is 10.5 Å². The lowest BCUT2D eigenvalue weighted by Crippen LogP contribution is -2.10. The minimum atomic E-state index is -0.0734. The predicted octanol–water partition coefficient (Wildman–Crippen LogP) is 4.27. The maximum atomic E-state index is 6.27. The lowest BCUT2D eigenvalue weighted by Gasteiger charge is -2.12. The van der Waals surface area contributed by atoms with Crippen molar-refractivity contribution in [2.24, 2.45) is 5.73 Å². The molecule has 2 nitrogen and oxygen atoms in total.